The van der Waals surface area contributed by atoms with Crippen LogP contribution in [0.3, 0.4) is 0 Å². The number of piperazine rings is 1. The highest BCUT2D eigenvalue weighted by Gasteiger charge is 2.19. The van der Waals surface area contributed by atoms with Gasteiger partial charge in [0.15, 0.2) is 0 Å². The first-order chi connectivity index (χ1) is 13.7. The second-order valence-corrected chi connectivity index (χ2v) is 6.93. The number of ether oxygens (including phenoxy) is 1. The lowest BCUT2D eigenvalue weighted by atomic mass is 10.2. The molecule has 0 spiro atoms. The van der Waals surface area contributed by atoms with Crippen LogP contribution in [0, 0.1) is 6.92 Å². The molecule has 0 unspecified atom stereocenters. The van der Waals surface area contributed by atoms with Gasteiger partial charge in [-0.3, -0.25) is 9.36 Å². The first-order valence-corrected chi connectivity index (χ1v) is 9.42. The molecule has 28 heavy (non-hydrogen) atoms. The molecule has 1 aliphatic heterocycles. The number of benzene rings is 1. The maximum absolute atomic E-state index is 12.6. The van der Waals surface area contributed by atoms with Gasteiger partial charge < -0.3 is 14.5 Å². The summed E-state index contributed by atoms with van der Waals surface area (Å²) in [5.41, 5.74) is 2.76. The summed E-state index contributed by atoms with van der Waals surface area (Å²) in [5, 5.41) is 0.637. The van der Waals surface area contributed by atoms with Crippen LogP contribution >= 0.6 is 0 Å². The molecular formula is C20H24N6O2. The van der Waals surface area contributed by atoms with Crippen molar-refractivity contribution in [1.29, 1.82) is 0 Å². The molecule has 3 aromatic rings. The molecule has 8 nitrogen and oxygen atoms in total. The van der Waals surface area contributed by atoms with Crippen molar-refractivity contribution < 1.29 is 4.74 Å². The number of aryl methyl sites for hydroxylation is 1. The van der Waals surface area contributed by atoms with E-state index in [1.807, 2.05) is 31.2 Å². The van der Waals surface area contributed by atoms with Crippen molar-refractivity contribution in [2.45, 2.75) is 13.5 Å². The Kier molecular flexibility index (Phi) is 5.21. The third kappa shape index (κ3) is 3.68. The standard InChI is InChI=1S/C20H24N6O2/c1-15-11-19(22-13-21-15)25-7-5-24(6-8-25)16-3-4-17-18(12-16)23-14-26(20(17)27)9-10-28-2/h3-4,11-14H,5-10H2,1-2H3. The molecule has 0 saturated carbocycles. The number of methoxy groups -OCH3 is 1. The zero-order valence-electron chi connectivity index (χ0n) is 16.2. The number of fused-ring (bicyclic) bond motifs is 1. The maximum atomic E-state index is 12.6. The molecule has 3 heterocycles. The number of hydrogen-bond acceptors (Lipinski definition) is 7. The fourth-order valence-corrected chi connectivity index (χ4v) is 3.50. The minimum absolute atomic E-state index is 0.0300. The topological polar surface area (TPSA) is 76.4 Å². The smallest absolute Gasteiger partial charge is 0.261 e. The third-order valence-corrected chi connectivity index (χ3v) is 5.10. The number of nitrogens with zero attached hydrogens (tertiary/aromatic N) is 6. The van der Waals surface area contributed by atoms with E-state index in [1.54, 1.807) is 24.3 Å². The van der Waals surface area contributed by atoms with Crippen LogP contribution in [-0.4, -0.2) is 59.4 Å². The number of aromatic nitrogens is 4. The zero-order valence-corrected chi connectivity index (χ0v) is 16.2. The molecule has 1 saturated heterocycles. The van der Waals surface area contributed by atoms with E-state index in [2.05, 4.69) is 24.8 Å². The maximum Gasteiger partial charge on any atom is 0.261 e. The summed E-state index contributed by atoms with van der Waals surface area (Å²) >= 11 is 0. The second kappa shape index (κ2) is 7.93. The van der Waals surface area contributed by atoms with Crippen LogP contribution in [0.25, 0.3) is 10.9 Å². The van der Waals surface area contributed by atoms with E-state index in [9.17, 15) is 4.79 Å². The molecule has 0 bridgehead atoms. The molecule has 0 amide bonds. The van der Waals surface area contributed by atoms with Gasteiger partial charge in [-0.15, -0.1) is 0 Å². The summed E-state index contributed by atoms with van der Waals surface area (Å²) in [6.45, 7) is 6.53. The van der Waals surface area contributed by atoms with Gasteiger partial charge in [0, 0.05) is 50.7 Å². The Balaban J connectivity index is 1.50. The fourth-order valence-electron chi connectivity index (χ4n) is 3.50. The highest BCUT2D eigenvalue weighted by Crippen LogP contribution is 2.22. The van der Waals surface area contributed by atoms with E-state index < -0.39 is 0 Å². The minimum Gasteiger partial charge on any atom is -0.383 e. The Bertz CT molecular complexity index is 1030. The van der Waals surface area contributed by atoms with Gasteiger partial charge in [0.2, 0.25) is 0 Å². The summed E-state index contributed by atoms with van der Waals surface area (Å²) in [7, 11) is 1.62. The van der Waals surface area contributed by atoms with Crippen molar-refractivity contribution in [3.8, 4) is 0 Å². The van der Waals surface area contributed by atoms with Gasteiger partial charge in [0.25, 0.3) is 5.56 Å². The Labute approximate surface area is 163 Å². The normalized spacial score (nSPS) is 14.6. The van der Waals surface area contributed by atoms with Crippen LogP contribution in [0.5, 0.6) is 0 Å². The van der Waals surface area contributed by atoms with E-state index in [4.69, 9.17) is 4.74 Å². The molecule has 4 rings (SSSR count). The lowest BCUT2D eigenvalue weighted by molar-refractivity contribution is 0.186. The average Bonchev–Trinajstić information content (AvgIpc) is 2.73. The SMILES string of the molecule is COCCn1cnc2cc(N3CCN(c4cc(C)ncn4)CC3)ccc2c1=O. The lowest BCUT2D eigenvalue weighted by Gasteiger charge is -2.36. The lowest BCUT2D eigenvalue weighted by Crippen LogP contribution is -2.46. The van der Waals surface area contributed by atoms with Crippen molar-refractivity contribution in [2.24, 2.45) is 0 Å². The average molecular weight is 380 g/mol. The Morgan fingerprint density at radius 2 is 1.82 bits per heavy atom. The Hall–Kier alpha value is -3.00. The van der Waals surface area contributed by atoms with E-state index in [0.29, 0.717) is 18.5 Å². The van der Waals surface area contributed by atoms with Crippen molar-refractivity contribution in [2.75, 3.05) is 49.7 Å². The van der Waals surface area contributed by atoms with Crippen LogP contribution in [0.4, 0.5) is 11.5 Å². The third-order valence-electron chi connectivity index (χ3n) is 5.10. The first kappa shape index (κ1) is 18.4. The quantitative estimate of drug-likeness (QED) is 0.663. The summed E-state index contributed by atoms with van der Waals surface area (Å²) in [6.07, 6.45) is 3.22. The summed E-state index contributed by atoms with van der Waals surface area (Å²) in [6, 6.07) is 7.91. The molecule has 1 aromatic carbocycles. The second-order valence-electron chi connectivity index (χ2n) is 6.93. The van der Waals surface area contributed by atoms with Gasteiger partial charge >= 0.3 is 0 Å². The van der Waals surface area contributed by atoms with E-state index in [-0.39, 0.29) is 5.56 Å². The van der Waals surface area contributed by atoms with Crippen molar-refractivity contribution in [3.05, 3.63) is 53.0 Å². The van der Waals surface area contributed by atoms with Gasteiger partial charge in [-0.05, 0) is 25.1 Å². The highest BCUT2D eigenvalue weighted by molar-refractivity contribution is 5.81. The summed E-state index contributed by atoms with van der Waals surface area (Å²) in [4.78, 5) is 30.2. The molecule has 1 fully saturated rings. The van der Waals surface area contributed by atoms with Crippen LogP contribution < -0.4 is 15.4 Å². The summed E-state index contributed by atoms with van der Waals surface area (Å²) in [5.74, 6) is 0.976. The van der Waals surface area contributed by atoms with Crippen LogP contribution in [0.1, 0.15) is 5.69 Å². The molecule has 146 valence electrons. The fraction of sp³-hybridized carbons (Fsp3) is 0.400. The minimum atomic E-state index is -0.0300. The van der Waals surface area contributed by atoms with Gasteiger partial charge in [-0.1, -0.05) is 0 Å². The zero-order chi connectivity index (χ0) is 19.5. The number of rotatable bonds is 5. The molecule has 0 atom stereocenters. The first-order valence-electron chi connectivity index (χ1n) is 9.42. The van der Waals surface area contributed by atoms with Crippen molar-refractivity contribution >= 4 is 22.4 Å². The molecular weight excluding hydrogens is 356 g/mol. The molecule has 0 N–H and O–H groups in total. The number of hydrogen-bond donors (Lipinski definition) is 0. The van der Waals surface area contributed by atoms with E-state index in [0.717, 1.165) is 48.9 Å². The van der Waals surface area contributed by atoms with Crippen LogP contribution in [0.15, 0.2) is 41.7 Å². The van der Waals surface area contributed by atoms with Gasteiger partial charge in [0.05, 0.1) is 30.4 Å². The molecule has 1 aliphatic rings. The molecule has 0 aliphatic carbocycles. The van der Waals surface area contributed by atoms with Crippen molar-refractivity contribution in [1.82, 2.24) is 19.5 Å². The molecule has 2 aromatic heterocycles. The largest absolute Gasteiger partial charge is 0.383 e. The predicted octanol–water partition coefficient (Wildman–Crippen LogP) is 1.47. The molecule has 0 radical (unpaired) electrons. The van der Waals surface area contributed by atoms with Gasteiger partial charge in [0.1, 0.15) is 12.1 Å². The van der Waals surface area contributed by atoms with E-state index in [1.165, 1.54) is 0 Å². The molecule has 8 heteroatoms. The van der Waals surface area contributed by atoms with Crippen LogP contribution in [0.2, 0.25) is 0 Å². The Morgan fingerprint density at radius 1 is 1.04 bits per heavy atom. The number of anilines is 2. The van der Waals surface area contributed by atoms with E-state index >= 15 is 0 Å². The predicted molar refractivity (Wildman–Crippen MR) is 109 cm³/mol. The Morgan fingerprint density at radius 3 is 2.57 bits per heavy atom. The van der Waals surface area contributed by atoms with Crippen LogP contribution in [-0.2, 0) is 11.3 Å². The van der Waals surface area contributed by atoms with Gasteiger partial charge in [-0.25, -0.2) is 15.0 Å². The van der Waals surface area contributed by atoms with Crippen molar-refractivity contribution in [3.63, 3.8) is 0 Å². The van der Waals surface area contributed by atoms with Gasteiger partial charge in [-0.2, -0.15) is 0 Å². The summed E-state index contributed by atoms with van der Waals surface area (Å²) < 4.78 is 6.64. The monoisotopic (exact) mass is 380 g/mol. The highest BCUT2D eigenvalue weighted by atomic mass is 16.5.